The molecule has 3 unspecified atom stereocenters. The summed E-state index contributed by atoms with van der Waals surface area (Å²) in [6.45, 7) is 2.83. The molecule has 3 atom stereocenters. The number of carbonyl (C=O) groups is 2. The zero-order valence-corrected chi connectivity index (χ0v) is 17.5. The molecule has 2 heterocycles. The van der Waals surface area contributed by atoms with Gasteiger partial charge < -0.3 is 29.7 Å². The minimum Gasteiger partial charge on any atom is -0.497 e. The Morgan fingerprint density at radius 3 is 2.60 bits per heavy atom. The molecule has 3 amide bonds. The number of urea groups is 1. The molecular formula is C20H29N5O5. The number of carbonyl (C=O) groups excluding carboxylic acids is 2. The highest BCUT2D eigenvalue weighted by Crippen LogP contribution is 2.22. The van der Waals surface area contributed by atoms with Crippen LogP contribution < -0.4 is 20.1 Å². The van der Waals surface area contributed by atoms with E-state index < -0.39 is 30.2 Å². The molecule has 3 N–H and O–H groups in total. The van der Waals surface area contributed by atoms with Crippen molar-refractivity contribution in [3.63, 3.8) is 0 Å². The number of hydrogen-bond donors (Lipinski definition) is 3. The molecule has 1 aromatic carbocycles. The number of aliphatic hydroxyl groups excluding tert-OH is 1. The van der Waals surface area contributed by atoms with Crippen molar-refractivity contribution in [1.82, 2.24) is 20.4 Å². The number of guanidine groups is 1. The third-order valence-electron chi connectivity index (χ3n) is 5.10. The quantitative estimate of drug-likeness (QED) is 0.496. The molecule has 164 valence electrons. The maximum Gasteiger partial charge on any atom is 0.325 e. The fourth-order valence-electron chi connectivity index (χ4n) is 3.41. The van der Waals surface area contributed by atoms with Gasteiger partial charge in [0.15, 0.2) is 12.0 Å². The topological polar surface area (TPSA) is 116 Å². The van der Waals surface area contributed by atoms with Gasteiger partial charge in [0.1, 0.15) is 30.4 Å². The highest BCUT2D eigenvalue weighted by Gasteiger charge is 2.50. The third kappa shape index (κ3) is 4.76. The van der Waals surface area contributed by atoms with Crippen LogP contribution in [0.5, 0.6) is 11.5 Å². The van der Waals surface area contributed by atoms with Crippen LogP contribution in [-0.2, 0) is 4.79 Å². The molecule has 2 saturated heterocycles. The van der Waals surface area contributed by atoms with E-state index in [0.717, 1.165) is 12.8 Å². The molecule has 1 aromatic rings. The van der Waals surface area contributed by atoms with Crippen molar-refractivity contribution in [3.05, 3.63) is 24.3 Å². The summed E-state index contributed by atoms with van der Waals surface area (Å²) in [5.74, 6) is 1.40. The van der Waals surface area contributed by atoms with Gasteiger partial charge in [-0.2, -0.15) is 0 Å². The predicted octanol–water partition coefficient (Wildman–Crippen LogP) is 0.373. The Morgan fingerprint density at radius 2 is 1.93 bits per heavy atom. The molecule has 0 radical (unpaired) electrons. The van der Waals surface area contributed by atoms with Crippen LogP contribution in [0.1, 0.15) is 19.8 Å². The number of rotatable bonds is 9. The van der Waals surface area contributed by atoms with E-state index in [9.17, 15) is 14.7 Å². The normalized spacial score (nSPS) is 23.1. The molecule has 0 spiro atoms. The van der Waals surface area contributed by atoms with Crippen molar-refractivity contribution >= 4 is 17.9 Å². The molecule has 0 aromatic heterocycles. The van der Waals surface area contributed by atoms with Gasteiger partial charge in [-0.25, -0.2) is 4.79 Å². The number of fused-ring (bicyclic) bond motifs is 1. The number of benzene rings is 1. The number of amides is 3. The lowest BCUT2D eigenvalue weighted by molar-refractivity contribution is -0.127. The lowest BCUT2D eigenvalue weighted by atomic mass is 10.1. The highest BCUT2D eigenvalue weighted by molar-refractivity contribution is 6.04. The number of ether oxygens (including phenoxy) is 2. The van der Waals surface area contributed by atoms with E-state index in [1.807, 2.05) is 0 Å². The van der Waals surface area contributed by atoms with Gasteiger partial charge in [-0.05, 0) is 30.7 Å². The molecule has 10 heteroatoms. The molecule has 0 saturated carbocycles. The van der Waals surface area contributed by atoms with Crippen LogP contribution in [0.15, 0.2) is 29.3 Å². The number of aliphatic imine (C=N–C) groups is 1. The Labute approximate surface area is 175 Å². The van der Waals surface area contributed by atoms with E-state index in [1.54, 1.807) is 43.3 Å². The number of aliphatic hydroxyl groups is 1. The number of hydrogen-bond acceptors (Lipinski definition) is 6. The summed E-state index contributed by atoms with van der Waals surface area (Å²) in [5.41, 5.74) is 0. The van der Waals surface area contributed by atoms with Crippen molar-refractivity contribution in [2.75, 3.05) is 33.9 Å². The number of methoxy groups -OCH3 is 1. The number of likely N-dealkylation sites (N-methyl/N-ethyl adjacent to an activating group) is 1. The van der Waals surface area contributed by atoms with Gasteiger partial charge in [-0.15, -0.1) is 0 Å². The second-order valence-electron chi connectivity index (χ2n) is 7.29. The van der Waals surface area contributed by atoms with Gasteiger partial charge in [0, 0.05) is 13.6 Å². The number of imide groups is 1. The van der Waals surface area contributed by atoms with Crippen LogP contribution in [0, 0.1) is 0 Å². The van der Waals surface area contributed by atoms with Crippen LogP contribution in [0.25, 0.3) is 0 Å². The largest absolute Gasteiger partial charge is 0.497 e. The summed E-state index contributed by atoms with van der Waals surface area (Å²) in [6, 6.07) is 5.91. The summed E-state index contributed by atoms with van der Waals surface area (Å²) in [7, 11) is 3.20. The van der Waals surface area contributed by atoms with Gasteiger partial charge in [0.2, 0.25) is 0 Å². The smallest absolute Gasteiger partial charge is 0.325 e. The SMILES string of the molecule is CCCCN=C1NC2C(C(=O)NC(=O)N2C)N1CC(O)COc1ccc(OC)cc1. The molecule has 2 aliphatic heterocycles. The molecule has 2 aliphatic rings. The third-order valence-corrected chi connectivity index (χ3v) is 5.10. The number of nitrogens with one attached hydrogen (secondary N) is 2. The molecule has 2 fully saturated rings. The van der Waals surface area contributed by atoms with Gasteiger partial charge in [-0.1, -0.05) is 13.3 Å². The highest BCUT2D eigenvalue weighted by atomic mass is 16.5. The van der Waals surface area contributed by atoms with E-state index in [-0.39, 0.29) is 13.2 Å². The van der Waals surface area contributed by atoms with E-state index in [4.69, 9.17) is 9.47 Å². The summed E-state index contributed by atoms with van der Waals surface area (Å²) in [6.07, 6.45) is 0.473. The first kappa shape index (κ1) is 21.7. The van der Waals surface area contributed by atoms with Crippen molar-refractivity contribution in [3.8, 4) is 11.5 Å². The van der Waals surface area contributed by atoms with E-state index in [1.165, 1.54) is 4.90 Å². The Bertz CT molecular complexity index is 784. The maximum atomic E-state index is 12.5. The van der Waals surface area contributed by atoms with E-state index in [2.05, 4.69) is 22.5 Å². The standard InChI is InChI=1S/C20H29N5O5/c1-4-5-10-21-19-22-17-16(18(27)23-20(28)24(17)2)25(19)11-13(26)12-30-15-8-6-14(29-3)7-9-15/h6-9,13,16-17,26H,4-5,10-12H2,1-3H3,(H,21,22)(H,23,27,28). The molecule has 0 aliphatic carbocycles. The first-order valence-corrected chi connectivity index (χ1v) is 10.0. The molecule has 10 nitrogen and oxygen atoms in total. The lowest BCUT2D eigenvalue weighted by Gasteiger charge is -2.35. The molecule has 0 bridgehead atoms. The van der Waals surface area contributed by atoms with Crippen LogP contribution in [0.2, 0.25) is 0 Å². The number of β-amino-alcohol motifs (C(OH)–C–C–N with tert-alkyl or cyclic N) is 1. The Hall–Kier alpha value is -3.01. The summed E-state index contributed by atoms with van der Waals surface area (Å²) in [4.78, 5) is 32.2. The first-order chi connectivity index (χ1) is 14.4. The van der Waals surface area contributed by atoms with Crippen LogP contribution in [-0.4, -0.2) is 85.0 Å². The Morgan fingerprint density at radius 1 is 1.23 bits per heavy atom. The fraction of sp³-hybridized carbons (Fsp3) is 0.550. The van der Waals surface area contributed by atoms with Gasteiger partial charge >= 0.3 is 6.03 Å². The zero-order chi connectivity index (χ0) is 21.7. The number of nitrogens with zero attached hydrogens (tertiary/aromatic N) is 3. The summed E-state index contributed by atoms with van der Waals surface area (Å²) in [5, 5.41) is 16.1. The molecule has 30 heavy (non-hydrogen) atoms. The Kier molecular flexibility index (Phi) is 6.99. The maximum absolute atomic E-state index is 12.5. The van der Waals surface area contributed by atoms with Crippen molar-refractivity contribution in [1.29, 1.82) is 0 Å². The lowest BCUT2D eigenvalue weighted by Crippen LogP contribution is -2.65. The fourth-order valence-corrected chi connectivity index (χ4v) is 3.41. The van der Waals surface area contributed by atoms with Crippen LogP contribution >= 0.6 is 0 Å². The van der Waals surface area contributed by atoms with E-state index in [0.29, 0.717) is 24.0 Å². The van der Waals surface area contributed by atoms with Gasteiger partial charge in [0.05, 0.1) is 13.7 Å². The average molecular weight is 419 g/mol. The van der Waals surface area contributed by atoms with Crippen molar-refractivity contribution < 1.29 is 24.2 Å². The molecular weight excluding hydrogens is 390 g/mol. The minimum atomic E-state index is -0.875. The summed E-state index contributed by atoms with van der Waals surface area (Å²) < 4.78 is 10.8. The van der Waals surface area contributed by atoms with Crippen LogP contribution in [0.3, 0.4) is 0 Å². The first-order valence-electron chi connectivity index (χ1n) is 10.0. The van der Waals surface area contributed by atoms with Crippen molar-refractivity contribution in [2.45, 2.75) is 38.1 Å². The average Bonchev–Trinajstić information content (AvgIpc) is 3.10. The predicted molar refractivity (Wildman–Crippen MR) is 110 cm³/mol. The molecule has 3 rings (SSSR count). The zero-order valence-electron chi connectivity index (χ0n) is 17.5. The summed E-state index contributed by atoms with van der Waals surface area (Å²) >= 11 is 0. The van der Waals surface area contributed by atoms with E-state index >= 15 is 0 Å². The minimum absolute atomic E-state index is 0.0405. The van der Waals surface area contributed by atoms with Crippen molar-refractivity contribution in [2.24, 2.45) is 4.99 Å². The second kappa shape index (κ2) is 9.66. The van der Waals surface area contributed by atoms with Gasteiger partial charge in [0.25, 0.3) is 5.91 Å². The number of unbranched alkanes of at least 4 members (excludes halogenated alkanes) is 1. The second-order valence-corrected chi connectivity index (χ2v) is 7.29. The monoisotopic (exact) mass is 419 g/mol. The Balaban J connectivity index is 1.68. The van der Waals surface area contributed by atoms with Gasteiger partial charge in [-0.3, -0.25) is 15.1 Å². The van der Waals surface area contributed by atoms with Crippen LogP contribution in [0.4, 0.5) is 4.79 Å².